The molecule has 4 heteroatoms. The van der Waals surface area contributed by atoms with Crippen LogP contribution in [0.4, 0.5) is 5.69 Å². The molecule has 1 aliphatic carbocycles. The molecular weight excluding hydrogens is 250 g/mol. The molecule has 1 aliphatic rings. The molecule has 2 N–H and O–H groups in total. The average molecular weight is 268 g/mol. The van der Waals surface area contributed by atoms with Crippen molar-refractivity contribution in [1.82, 2.24) is 0 Å². The fraction of sp³-hybridized carbons (Fsp3) is 0.500. The molecule has 0 heterocycles. The minimum atomic E-state index is -0.677. The van der Waals surface area contributed by atoms with Gasteiger partial charge in [-0.15, -0.1) is 0 Å². The second-order valence-corrected chi connectivity index (χ2v) is 5.44. The van der Waals surface area contributed by atoms with Gasteiger partial charge in [0.25, 0.3) is 0 Å². The maximum atomic E-state index is 11.0. The van der Waals surface area contributed by atoms with Gasteiger partial charge in [0, 0.05) is 16.8 Å². The van der Waals surface area contributed by atoms with Gasteiger partial charge in [-0.2, -0.15) is 0 Å². The Morgan fingerprint density at radius 3 is 2.94 bits per heavy atom. The molecule has 1 aromatic rings. The highest BCUT2D eigenvalue weighted by atomic mass is 35.5. The van der Waals surface area contributed by atoms with Gasteiger partial charge in [-0.05, 0) is 43.9 Å². The van der Waals surface area contributed by atoms with Gasteiger partial charge in [-0.1, -0.05) is 24.1 Å². The standard InChI is InChI=1S/C14H18ClNO2/c1-9-5-6-11(15)8-13(9)16-12-4-2-3-10(7-12)14(17)18/h5-6,8,10,12,16H,2-4,7H2,1H3,(H,17,18). The molecule has 1 fully saturated rings. The Kier molecular flexibility index (Phi) is 4.12. The summed E-state index contributed by atoms with van der Waals surface area (Å²) in [6.45, 7) is 2.02. The van der Waals surface area contributed by atoms with Crippen LogP contribution >= 0.6 is 11.6 Å². The minimum absolute atomic E-state index is 0.212. The van der Waals surface area contributed by atoms with Crippen molar-refractivity contribution in [3.05, 3.63) is 28.8 Å². The highest BCUT2D eigenvalue weighted by Crippen LogP contribution is 2.29. The summed E-state index contributed by atoms with van der Waals surface area (Å²) in [6, 6.07) is 5.98. The molecule has 0 amide bonds. The van der Waals surface area contributed by atoms with E-state index in [1.807, 2.05) is 25.1 Å². The summed E-state index contributed by atoms with van der Waals surface area (Å²) >= 11 is 5.98. The Morgan fingerprint density at radius 2 is 2.22 bits per heavy atom. The second-order valence-electron chi connectivity index (χ2n) is 5.00. The molecule has 0 bridgehead atoms. The molecule has 98 valence electrons. The molecule has 1 aromatic carbocycles. The van der Waals surface area contributed by atoms with Crippen molar-refractivity contribution in [1.29, 1.82) is 0 Å². The van der Waals surface area contributed by atoms with E-state index in [1.165, 1.54) is 0 Å². The number of hydrogen-bond donors (Lipinski definition) is 2. The Hall–Kier alpha value is -1.22. The Labute approximate surface area is 112 Å². The molecule has 0 radical (unpaired) electrons. The number of aryl methyl sites for hydroxylation is 1. The monoisotopic (exact) mass is 267 g/mol. The molecule has 2 rings (SSSR count). The predicted molar refractivity (Wildman–Crippen MR) is 73.2 cm³/mol. The maximum absolute atomic E-state index is 11.0. The van der Waals surface area contributed by atoms with Crippen molar-refractivity contribution in [2.45, 2.75) is 38.6 Å². The van der Waals surface area contributed by atoms with E-state index < -0.39 is 5.97 Å². The van der Waals surface area contributed by atoms with Crippen LogP contribution in [0.1, 0.15) is 31.2 Å². The van der Waals surface area contributed by atoms with Gasteiger partial charge in [-0.25, -0.2) is 0 Å². The van der Waals surface area contributed by atoms with E-state index in [9.17, 15) is 4.79 Å². The van der Waals surface area contributed by atoms with Crippen LogP contribution in [-0.2, 0) is 4.79 Å². The van der Waals surface area contributed by atoms with Crippen molar-refractivity contribution in [2.75, 3.05) is 5.32 Å². The van der Waals surface area contributed by atoms with E-state index in [-0.39, 0.29) is 12.0 Å². The molecule has 0 aliphatic heterocycles. The number of aliphatic carboxylic acids is 1. The van der Waals surface area contributed by atoms with Crippen molar-refractivity contribution < 1.29 is 9.90 Å². The summed E-state index contributed by atoms with van der Waals surface area (Å²) in [5.41, 5.74) is 2.15. The lowest BCUT2D eigenvalue weighted by molar-refractivity contribution is -0.142. The number of anilines is 1. The number of hydrogen-bond acceptors (Lipinski definition) is 2. The lowest BCUT2D eigenvalue weighted by atomic mass is 9.85. The highest BCUT2D eigenvalue weighted by molar-refractivity contribution is 6.30. The van der Waals surface area contributed by atoms with E-state index in [2.05, 4.69) is 5.32 Å². The Morgan fingerprint density at radius 1 is 1.44 bits per heavy atom. The molecular formula is C14H18ClNO2. The molecule has 2 atom stereocenters. The minimum Gasteiger partial charge on any atom is -0.481 e. The first-order valence-corrected chi connectivity index (χ1v) is 6.69. The van der Waals surface area contributed by atoms with Crippen LogP contribution in [0, 0.1) is 12.8 Å². The number of rotatable bonds is 3. The van der Waals surface area contributed by atoms with Crippen LogP contribution in [0.25, 0.3) is 0 Å². The lowest BCUT2D eigenvalue weighted by Crippen LogP contribution is -2.31. The van der Waals surface area contributed by atoms with Crippen LogP contribution < -0.4 is 5.32 Å². The summed E-state index contributed by atoms with van der Waals surface area (Å²) in [4.78, 5) is 11.0. The van der Waals surface area contributed by atoms with E-state index >= 15 is 0 Å². The first kappa shape index (κ1) is 13.2. The second kappa shape index (κ2) is 5.61. The zero-order chi connectivity index (χ0) is 13.1. The smallest absolute Gasteiger partial charge is 0.306 e. The number of benzene rings is 1. The highest BCUT2D eigenvalue weighted by Gasteiger charge is 2.26. The molecule has 1 saturated carbocycles. The molecule has 0 spiro atoms. The van der Waals surface area contributed by atoms with Gasteiger partial charge in [-0.3, -0.25) is 4.79 Å². The number of halogens is 1. The fourth-order valence-corrected chi connectivity index (χ4v) is 2.69. The average Bonchev–Trinajstić information content (AvgIpc) is 2.34. The largest absolute Gasteiger partial charge is 0.481 e. The first-order chi connectivity index (χ1) is 8.56. The van der Waals surface area contributed by atoms with Crippen LogP contribution in [-0.4, -0.2) is 17.1 Å². The van der Waals surface area contributed by atoms with Crippen molar-refractivity contribution in [2.24, 2.45) is 5.92 Å². The van der Waals surface area contributed by atoms with Gasteiger partial charge in [0.15, 0.2) is 0 Å². The van der Waals surface area contributed by atoms with E-state index in [4.69, 9.17) is 16.7 Å². The quantitative estimate of drug-likeness (QED) is 0.878. The van der Waals surface area contributed by atoms with Crippen LogP contribution in [0.15, 0.2) is 18.2 Å². The molecule has 0 aromatic heterocycles. The third-order valence-electron chi connectivity index (χ3n) is 3.58. The van der Waals surface area contributed by atoms with Crippen LogP contribution in [0.2, 0.25) is 5.02 Å². The maximum Gasteiger partial charge on any atom is 0.306 e. The zero-order valence-electron chi connectivity index (χ0n) is 10.4. The van der Waals surface area contributed by atoms with Gasteiger partial charge in [0.1, 0.15) is 0 Å². The Bertz CT molecular complexity index is 447. The third kappa shape index (κ3) is 3.16. The number of carbonyl (C=O) groups is 1. The van der Waals surface area contributed by atoms with Crippen molar-refractivity contribution >= 4 is 23.3 Å². The van der Waals surface area contributed by atoms with E-state index in [0.29, 0.717) is 11.4 Å². The number of nitrogens with one attached hydrogen (secondary N) is 1. The fourth-order valence-electron chi connectivity index (χ4n) is 2.51. The molecule has 2 unspecified atom stereocenters. The lowest BCUT2D eigenvalue weighted by Gasteiger charge is -2.28. The van der Waals surface area contributed by atoms with Crippen LogP contribution in [0.3, 0.4) is 0 Å². The number of carboxylic acids is 1. The van der Waals surface area contributed by atoms with Crippen molar-refractivity contribution in [3.63, 3.8) is 0 Å². The van der Waals surface area contributed by atoms with Gasteiger partial charge >= 0.3 is 5.97 Å². The van der Waals surface area contributed by atoms with Gasteiger partial charge in [0.05, 0.1) is 5.92 Å². The summed E-state index contributed by atoms with van der Waals surface area (Å²) in [7, 11) is 0. The van der Waals surface area contributed by atoms with E-state index in [1.54, 1.807) is 0 Å². The molecule has 0 saturated heterocycles. The Balaban J connectivity index is 2.04. The van der Waals surface area contributed by atoms with Crippen LogP contribution in [0.5, 0.6) is 0 Å². The SMILES string of the molecule is Cc1ccc(Cl)cc1NC1CCCC(C(=O)O)C1. The number of carboxylic acid groups (broad SMARTS) is 1. The summed E-state index contributed by atoms with van der Waals surface area (Å²) in [6.07, 6.45) is 3.48. The van der Waals surface area contributed by atoms with E-state index in [0.717, 1.165) is 30.5 Å². The summed E-state index contributed by atoms with van der Waals surface area (Å²) in [5, 5.41) is 13.2. The first-order valence-electron chi connectivity index (χ1n) is 6.32. The molecule has 18 heavy (non-hydrogen) atoms. The van der Waals surface area contributed by atoms with Crippen molar-refractivity contribution in [3.8, 4) is 0 Å². The molecule has 3 nitrogen and oxygen atoms in total. The predicted octanol–water partition coefficient (Wildman–Crippen LogP) is 3.70. The summed E-state index contributed by atoms with van der Waals surface area (Å²) in [5.74, 6) is -0.889. The summed E-state index contributed by atoms with van der Waals surface area (Å²) < 4.78 is 0. The van der Waals surface area contributed by atoms with Gasteiger partial charge < -0.3 is 10.4 Å². The zero-order valence-corrected chi connectivity index (χ0v) is 11.2. The third-order valence-corrected chi connectivity index (χ3v) is 3.82. The van der Waals surface area contributed by atoms with Gasteiger partial charge in [0.2, 0.25) is 0 Å². The topological polar surface area (TPSA) is 49.3 Å². The normalized spacial score (nSPS) is 23.7.